The molecule has 1 atom stereocenters. The van der Waals surface area contributed by atoms with Gasteiger partial charge in [-0.25, -0.2) is 0 Å². The molecule has 1 unspecified atom stereocenters. The van der Waals surface area contributed by atoms with Gasteiger partial charge in [0.25, 0.3) is 5.91 Å². The van der Waals surface area contributed by atoms with Crippen LogP contribution in [0.2, 0.25) is 0 Å². The van der Waals surface area contributed by atoms with Crippen molar-refractivity contribution in [3.63, 3.8) is 0 Å². The van der Waals surface area contributed by atoms with Gasteiger partial charge in [0, 0.05) is 12.6 Å². The van der Waals surface area contributed by atoms with Gasteiger partial charge in [0.1, 0.15) is 0 Å². The minimum Gasteiger partial charge on any atom is -0.348 e. The van der Waals surface area contributed by atoms with Gasteiger partial charge in [-0.15, -0.1) is 12.4 Å². The van der Waals surface area contributed by atoms with Crippen molar-refractivity contribution in [2.24, 2.45) is 11.7 Å². The summed E-state index contributed by atoms with van der Waals surface area (Å²) in [4.78, 5) is 12.9. The van der Waals surface area contributed by atoms with Gasteiger partial charge in [-0.3, -0.25) is 9.48 Å². The molecule has 1 amide bonds. The molecule has 0 spiro atoms. The van der Waals surface area contributed by atoms with Crippen LogP contribution in [0.1, 0.15) is 60.6 Å². The number of nitrogens with zero attached hydrogens (tertiary/aromatic N) is 2. The molecular weight excluding hydrogens is 360 g/mol. The zero-order chi connectivity index (χ0) is 18.4. The number of hydrogen-bond donors (Lipinski definition) is 2. The Hall–Kier alpha value is -1.85. The summed E-state index contributed by atoms with van der Waals surface area (Å²) < 4.78 is 1.93. The van der Waals surface area contributed by atoms with Gasteiger partial charge in [-0.1, -0.05) is 56.5 Å². The zero-order valence-electron chi connectivity index (χ0n) is 16.1. The fourth-order valence-corrected chi connectivity index (χ4v) is 4.02. The number of rotatable bonds is 7. The lowest BCUT2D eigenvalue weighted by Gasteiger charge is -2.30. The van der Waals surface area contributed by atoms with E-state index in [9.17, 15) is 4.79 Å². The number of halogens is 1. The van der Waals surface area contributed by atoms with E-state index in [1.165, 1.54) is 24.8 Å². The number of carbonyl (C=O) groups is 1. The predicted octanol–water partition coefficient (Wildman–Crippen LogP) is 3.55. The third-order valence-corrected chi connectivity index (χ3v) is 5.49. The maximum absolute atomic E-state index is 12.9. The maximum atomic E-state index is 12.9. The van der Waals surface area contributed by atoms with Crippen molar-refractivity contribution in [2.45, 2.75) is 58.0 Å². The summed E-state index contributed by atoms with van der Waals surface area (Å²) in [5.74, 6) is 0.462. The van der Waals surface area contributed by atoms with Crippen LogP contribution < -0.4 is 11.1 Å². The van der Waals surface area contributed by atoms with Crippen LogP contribution in [0, 0.1) is 5.92 Å². The SMILES string of the molecule is CCc1c(C(=O)NC(CN)C2CCCCC2)cnn1Cc1ccccc1.Cl. The first-order valence-electron chi connectivity index (χ1n) is 9.82. The molecule has 0 bridgehead atoms. The van der Waals surface area contributed by atoms with E-state index in [0.717, 1.165) is 25.0 Å². The van der Waals surface area contributed by atoms with E-state index in [1.54, 1.807) is 6.20 Å². The van der Waals surface area contributed by atoms with E-state index in [-0.39, 0.29) is 24.4 Å². The van der Waals surface area contributed by atoms with Crippen LogP contribution >= 0.6 is 12.4 Å². The lowest BCUT2D eigenvalue weighted by molar-refractivity contribution is 0.0914. The van der Waals surface area contributed by atoms with Gasteiger partial charge in [-0.2, -0.15) is 5.10 Å². The second kappa shape index (κ2) is 10.5. The number of amides is 1. The average molecular weight is 391 g/mol. The molecule has 1 aliphatic rings. The Morgan fingerprint density at radius 2 is 1.96 bits per heavy atom. The van der Waals surface area contributed by atoms with Gasteiger partial charge in [0.15, 0.2) is 0 Å². The summed E-state index contributed by atoms with van der Waals surface area (Å²) >= 11 is 0. The molecule has 1 aliphatic carbocycles. The third-order valence-electron chi connectivity index (χ3n) is 5.49. The minimum absolute atomic E-state index is 0. The molecule has 0 radical (unpaired) electrons. The van der Waals surface area contributed by atoms with E-state index in [1.807, 2.05) is 22.9 Å². The number of hydrogen-bond acceptors (Lipinski definition) is 3. The van der Waals surface area contributed by atoms with Crippen molar-refractivity contribution < 1.29 is 4.79 Å². The first-order valence-corrected chi connectivity index (χ1v) is 9.82. The van der Waals surface area contributed by atoms with Gasteiger partial charge in [0.05, 0.1) is 24.0 Å². The van der Waals surface area contributed by atoms with E-state index >= 15 is 0 Å². The van der Waals surface area contributed by atoms with Crippen LogP contribution in [0.3, 0.4) is 0 Å². The topological polar surface area (TPSA) is 72.9 Å². The van der Waals surface area contributed by atoms with Crippen LogP contribution in [0.25, 0.3) is 0 Å². The number of carbonyl (C=O) groups excluding carboxylic acids is 1. The largest absolute Gasteiger partial charge is 0.348 e. The Kier molecular flexibility index (Phi) is 8.32. The van der Waals surface area contributed by atoms with Gasteiger partial charge in [-0.05, 0) is 30.7 Å². The van der Waals surface area contributed by atoms with Crippen LogP contribution in [-0.2, 0) is 13.0 Å². The van der Waals surface area contributed by atoms with Crippen molar-refractivity contribution in [3.05, 3.63) is 53.3 Å². The van der Waals surface area contributed by atoms with Crippen molar-refractivity contribution in [1.29, 1.82) is 0 Å². The normalized spacial score (nSPS) is 15.8. The van der Waals surface area contributed by atoms with E-state index in [0.29, 0.717) is 24.6 Å². The highest BCUT2D eigenvalue weighted by molar-refractivity contribution is 5.95. The molecule has 0 aliphatic heterocycles. The lowest BCUT2D eigenvalue weighted by atomic mass is 9.84. The Labute approximate surface area is 168 Å². The van der Waals surface area contributed by atoms with Crippen LogP contribution in [0.15, 0.2) is 36.5 Å². The molecule has 1 heterocycles. The minimum atomic E-state index is -0.0396. The lowest BCUT2D eigenvalue weighted by Crippen LogP contribution is -2.46. The first-order chi connectivity index (χ1) is 12.7. The Morgan fingerprint density at radius 1 is 1.26 bits per heavy atom. The van der Waals surface area contributed by atoms with Gasteiger partial charge >= 0.3 is 0 Å². The molecule has 1 fully saturated rings. The first kappa shape index (κ1) is 21.5. The summed E-state index contributed by atoms with van der Waals surface area (Å²) in [7, 11) is 0. The molecule has 1 aromatic carbocycles. The quantitative estimate of drug-likeness (QED) is 0.759. The molecule has 2 aromatic rings. The zero-order valence-corrected chi connectivity index (χ0v) is 16.9. The van der Waals surface area contributed by atoms with Crippen LogP contribution in [0.4, 0.5) is 0 Å². The molecule has 27 heavy (non-hydrogen) atoms. The smallest absolute Gasteiger partial charge is 0.255 e. The predicted molar refractivity (Wildman–Crippen MR) is 111 cm³/mol. The molecular formula is C21H31ClN4O. The standard InChI is InChI=1S/C21H30N4O.ClH/c1-2-20-18(14-23-25(20)15-16-9-5-3-6-10-16)21(26)24-19(13-22)17-11-7-4-8-12-17;/h3,5-6,9-10,14,17,19H,2,4,7-8,11-13,15,22H2,1H3,(H,24,26);1H. The van der Waals surface area contributed by atoms with Crippen molar-refractivity contribution in [3.8, 4) is 0 Å². The average Bonchev–Trinajstić information content (AvgIpc) is 3.10. The van der Waals surface area contributed by atoms with Crippen molar-refractivity contribution in [2.75, 3.05) is 6.54 Å². The fourth-order valence-electron chi connectivity index (χ4n) is 4.02. The Bertz CT molecular complexity index is 710. The molecule has 1 aromatic heterocycles. The number of aromatic nitrogens is 2. The van der Waals surface area contributed by atoms with E-state index in [2.05, 4.69) is 29.5 Å². The molecule has 0 saturated heterocycles. The molecule has 148 valence electrons. The summed E-state index contributed by atoms with van der Waals surface area (Å²) in [6, 6.07) is 10.3. The van der Waals surface area contributed by atoms with Crippen LogP contribution in [-0.4, -0.2) is 28.3 Å². The highest BCUT2D eigenvalue weighted by Crippen LogP contribution is 2.26. The van der Waals surface area contributed by atoms with Crippen molar-refractivity contribution in [1.82, 2.24) is 15.1 Å². The summed E-state index contributed by atoms with van der Waals surface area (Å²) in [5.41, 5.74) is 8.81. The highest BCUT2D eigenvalue weighted by atomic mass is 35.5. The fraction of sp³-hybridized carbons (Fsp3) is 0.524. The Balaban J connectivity index is 0.00000261. The second-order valence-electron chi connectivity index (χ2n) is 7.22. The van der Waals surface area contributed by atoms with Crippen molar-refractivity contribution >= 4 is 18.3 Å². The van der Waals surface area contributed by atoms with Gasteiger partial charge < -0.3 is 11.1 Å². The summed E-state index contributed by atoms with van der Waals surface area (Å²) in [6.45, 7) is 3.24. The molecule has 5 nitrogen and oxygen atoms in total. The second-order valence-corrected chi connectivity index (χ2v) is 7.22. The summed E-state index contributed by atoms with van der Waals surface area (Å²) in [5, 5.41) is 7.66. The summed E-state index contributed by atoms with van der Waals surface area (Å²) in [6.07, 6.45) is 8.58. The maximum Gasteiger partial charge on any atom is 0.255 e. The Morgan fingerprint density at radius 3 is 2.59 bits per heavy atom. The molecule has 3 rings (SSSR count). The third kappa shape index (κ3) is 5.33. The molecule has 6 heteroatoms. The molecule has 3 N–H and O–H groups in total. The van der Waals surface area contributed by atoms with E-state index in [4.69, 9.17) is 5.73 Å². The number of nitrogens with two attached hydrogens (primary N) is 1. The number of nitrogens with one attached hydrogen (secondary N) is 1. The highest BCUT2D eigenvalue weighted by Gasteiger charge is 2.26. The van der Waals surface area contributed by atoms with Crippen LogP contribution in [0.5, 0.6) is 0 Å². The molecule has 1 saturated carbocycles. The monoisotopic (exact) mass is 390 g/mol. The number of benzene rings is 1. The van der Waals surface area contributed by atoms with E-state index < -0.39 is 0 Å². The van der Waals surface area contributed by atoms with Gasteiger partial charge in [0.2, 0.25) is 0 Å².